The van der Waals surface area contributed by atoms with E-state index in [0.717, 1.165) is 38.5 Å². The average Bonchev–Trinajstić information content (AvgIpc) is 3.11. The molecule has 2 aliphatic carbocycles. The molecule has 0 heterocycles. The van der Waals surface area contributed by atoms with Crippen LogP contribution in [-0.2, 0) is 9.53 Å². The normalized spacial score (nSPS) is 28.4. The van der Waals surface area contributed by atoms with Crippen LogP contribution in [0.4, 0.5) is 0 Å². The zero-order valence-electron chi connectivity index (χ0n) is 16.1. The van der Waals surface area contributed by atoms with Crippen LogP contribution in [0.15, 0.2) is 23.8 Å². The van der Waals surface area contributed by atoms with Crippen molar-refractivity contribution in [3.05, 3.63) is 23.8 Å². The van der Waals surface area contributed by atoms with E-state index in [1.807, 2.05) is 0 Å². The van der Waals surface area contributed by atoms with Crippen LogP contribution < -0.4 is 0 Å². The Kier molecular flexibility index (Phi) is 8.74. The van der Waals surface area contributed by atoms with Gasteiger partial charge in [-0.25, -0.2) is 0 Å². The van der Waals surface area contributed by atoms with Crippen LogP contribution in [-0.4, -0.2) is 24.3 Å². The number of aliphatic hydroxyl groups excluding tert-OH is 1. The number of esters is 1. The Morgan fingerprint density at radius 1 is 1.28 bits per heavy atom. The van der Waals surface area contributed by atoms with Gasteiger partial charge in [-0.1, -0.05) is 50.0 Å². The van der Waals surface area contributed by atoms with Gasteiger partial charge in [0.15, 0.2) is 0 Å². The van der Waals surface area contributed by atoms with Gasteiger partial charge in [-0.05, 0) is 56.8 Å². The van der Waals surface area contributed by atoms with E-state index in [-0.39, 0.29) is 12.1 Å². The van der Waals surface area contributed by atoms with E-state index in [1.165, 1.54) is 38.4 Å². The summed E-state index contributed by atoms with van der Waals surface area (Å²) in [7, 11) is 1.45. The number of allylic oxidation sites excluding steroid dienone is 3. The molecule has 0 aromatic rings. The first-order chi connectivity index (χ1) is 12.2. The maximum Gasteiger partial charge on any atom is 0.305 e. The summed E-state index contributed by atoms with van der Waals surface area (Å²) in [6.45, 7) is 2.24. The van der Waals surface area contributed by atoms with Gasteiger partial charge >= 0.3 is 5.97 Å². The van der Waals surface area contributed by atoms with Crippen molar-refractivity contribution in [1.82, 2.24) is 0 Å². The monoisotopic (exact) mass is 348 g/mol. The van der Waals surface area contributed by atoms with Crippen molar-refractivity contribution in [2.45, 2.75) is 83.7 Å². The summed E-state index contributed by atoms with van der Waals surface area (Å²) in [5.74, 6) is 1.38. The second kappa shape index (κ2) is 10.8. The van der Waals surface area contributed by atoms with Gasteiger partial charge in [0.25, 0.3) is 0 Å². The number of hydrogen-bond acceptors (Lipinski definition) is 3. The van der Waals surface area contributed by atoms with Gasteiger partial charge in [0.05, 0.1) is 13.2 Å². The minimum Gasteiger partial charge on any atom is -0.469 e. The third-order valence-corrected chi connectivity index (χ3v) is 5.89. The summed E-state index contributed by atoms with van der Waals surface area (Å²) in [6, 6.07) is 0. The molecule has 0 radical (unpaired) electrons. The summed E-state index contributed by atoms with van der Waals surface area (Å²) in [5, 5.41) is 10.4. The fraction of sp³-hybridized carbons (Fsp3) is 0.773. The number of unbranched alkanes of at least 4 members (excludes halogenated alkanes) is 5. The SMILES string of the molecule is CCCCCC/C=C/[C@H]1[C@@H]2CC(CCCCC(=O)OC)=C[C@@H]2C[C@@H]1O. The largest absolute Gasteiger partial charge is 0.469 e. The van der Waals surface area contributed by atoms with Crippen molar-refractivity contribution in [3.63, 3.8) is 0 Å². The standard InChI is InChI=1S/C22H36O3/c1-3-4-5-6-7-8-12-19-20-15-17(14-18(20)16-21(19)23)11-9-10-13-22(24)25-2/h8,12,14,18-21,23H,3-7,9-11,13,15-16H2,1-2H3/b12-8+/t18-,19+,20-,21+/m1/s1. The maximum absolute atomic E-state index is 11.2. The van der Waals surface area contributed by atoms with Crippen molar-refractivity contribution in [3.8, 4) is 0 Å². The van der Waals surface area contributed by atoms with Gasteiger partial charge in [-0.3, -0.25) is 4.79 Å². The zero-order valence-corrected chi connectivity index (χ0v) is 16.1. The Labute approximate surface area is 153 Å². The fourth-order valence-electron chi connectivity index (χ4n) is 4.46. The molecule has 2 rings (SSSR count). The third-order valence-electron chi connectivity index (χ3n) is 5.89. The topological polar surface area (TPSA) is 46.5 Å². The minimum atomic E-state index is -0.168. The Morgan fingerprint density at radius 3 is 2.88 bits per heavy atom. The highest BCUT2D eigenvalue weighted by molar-refractivity contribution is 5.68. The molecule has 0 unspecified atom stereocenters. The molecule has 1 N–H and O–H groups in total. The molecule has 3 nitrogen and oxygen atoms in total. The van der Waals surface area contributed by atoms with Gasteiger partial charge in [0, 0.05) is 12.3 Å². The molecule has 0 bridgehead atoms. The van der Waals surface area contributed by atoms with Crippen LogP contribution in [0.25, 0.3) is 0 Å². The van der Waals surface area contributed by atoms with Gasteiger partial charge in [-0.15, -0.1) is 0 Å². The lowest BCUT2D eigenvalue weighted by atomic mass is 9.88. The van der Waals surface area contributed by atoms with Gasteiger partial charge in [-0.2, -0.15) is 0 Å². The number of aliphatic hydroxyl groups is 1. The minimum absolute atomic E-state index is 0.107. The van der Waals surface area contributed by atoms with Gasteiger partial charge < -0.3 is 9.84 Å². The van der Waals surface area contributed by atoms with E-state index in [2.05, 4.69) is 29.9 Å². The molecule has 3 heteroatoms. The quantitative estimate of drug-likeness (QED) is 0.317. The Balaban J connectivity index is 1.71. The molecular formula is C22H36O3. The van der Waals surface area contributed by atoms with E-state index in [0.29, 0.717) is 24.2 Å². The van der Waals surface area contributed by atoms with E-state index >= 15 is 0 Å². The Morgan fingerprint density at radius 2 is 2.12 bits per heavy atom. The van der Waals surface area contributed by atoms with Crippen LogP contribution in [0.3, 0.4) is 0 Å². The highest BCUT2D eigenvalue weighted by Gasteiger charge is 2.42. The second-order valence-corrected chi connectivity index (χ2v) is 7.80. The van der Waals surface area contributed by atoms with Crippen molar-refractivity contribution in [2.75, 3.05) is 7.11 Å². The average molecular weight is 349 g/mol. The highest BCUT2D eigenvalue weighted by Crippen LogP contribution is 2.48. The molecule has 1 saturated carbocycles. The summed E-state index contributed by atoms with van der Waals surface area (Å²) < 4.78 is 4.69. The first-order valence-corrected chi connectivity index (χ1v) is 10.3. The van der Waals surface area contributed by atoms with E-state index in [4.69, 9.17) is 0 Å². The number of hydrogen-bond donors (Lipinski definition) is 1. The number of carbonyl (C=O) groups excluding carboxylic acids is 1. The van der Waals surface area contributed by atoms with Crippen LogP contribution >= 0.6 is 0 Å². The van der Waals surface area contributed by atoms with Crippen LogP contribution in [0.5, 0.6) is 0 Å². The smallest absolute Gasteiger partial charge is 0.305 e. The number of methoxy groups -OCH3 is 1. The summed E-state index contributed by atoms with van der Waals surface area (Å²) in [5.41, 5.74) is 1.54. The molecule has 142 valence electrons. The first kappa shape index (κ1) is 20.2. The lowest BCUT2D eigenvalue weighted by Gasteiger charge is -2.18. The molecule has 0 aromatic heterocycles. The molecular weight excluding hydrogens is 312 g/mol. The predicted octanol–water partition coefficient (Wildman–Crippen LogP) is 5.19. The number of ether oxygens (including phenoxy) is 1. The number of fused-ring (bicyclic) bond motifs is 1. The predicted molar refractivity (Wildman–Crippen MR) is 102 cm³/mol. The van der Waals surface area contributed by atoms with Crippen molar-refractivity contribution in [1.29, 1.82) is 0 Å². The highest BCUT2D eigenvalue weighted by atomic mass is 16.5. The third kappa shape index (κ3) is 6.29. The molecule has 0 saturated heterocycles. The van der Waals surface area contributed by atoms with Crippen LogP contribution in [0.1, 0.15) is 77.6 Å². The lowest BCUT2D eigenvalue weighted by molar-refractivity contribution is -0.140. The molecule has 0 aromatic carbocycles. The Bertz CT molecular complexity index is 466. The van der Waals surface area contributed by atoms with E-state index in [1.54, 1.807) is 0 Å². The van der Waals surface area contributed by atoms with Crippen molar-refractivity contribution >= 4 is 5.97 Å². The van der Waals surface area contributed by atoms with Crippen molar-refractivity contribution in [2.24, 2.45) is 17.8 Å². The molecule has 0 amide bonds. The van der Waals surface area contributed by atoms with Gasteiger partial charge in [0.1, 0.15) is 0 Å². The second-order valence-electron chi connectivity index (χ2n) is 7.80. The summed E-state index contributed by atoms with van der Waals surface area (Å²) in [4.78, 5) is 11.2. The fourth-order valence-corrected chi connectivity index (χ4v) is 4.46. The van der Waals surface area contributed by atoms with Gasteiger partial charge in [0.2, 0.25) is 0 Å². The van der Waals surface area contributed by atoms with Crippen LogP contribution in [0, 0.1) is 17.8 Å². The summed E-state index contributed by atoms with van der Waals surface area (Å²) in [6.07, 6.45) is 18.8. The lowest BCUT2D eigenvalue weighted by Crippen LogP contribution is -2.17. The number of carbonyl (C=O) groups is 1. The van der Waals surface area contributed by atoms with Crippen molar-refractivity contribution < 1.29 is 14.6 Å². The molecule has 1 fully saturated rings. The van der Waals surface area contributed by atoms with E-state index < -0.39 is 0 Å². The molecule has 2 aliphatic rings. The molecule has 25 heavy (non-hydrogen) atoms. The summed E-state index contributed by atoms with van der Waals surface area (Å²) >= 11 is 0. The van der Waals surface area contributed by atoms with Crippen LogP contribution in [0.2, 0.25) is 0 Å². The molecule has 4 atom stereocenters. The molecule has 0 spiro atoms. The number of rotatable bonds is 11. The maximum atomic E-state index is 11.2. The Hall–Kier alpha value is -1.09. The zero-order chi connectivity index (χ0) is 18.1. The molecule has 0 aliphatic heterocycles. The van der Waals surface area contributed by atoms with E-state index in [9.17, 15) is 9.90 Å². The first-order valence-electron chi connectivity index (χ1n) is 10.3.